The Hall–Kier alpha value is -1.20. The van der Waals surface area contributed by atoms with Crippen LogP contribution in [0, 0.1) is 11.7 Å². The molecule has 2 heterocycles. The second-order valence-electron chi connectivity index (χ2n) is 4.96. The van der Waals surface area contributed by atoms with Crippen molar-refractivity contribution in [3.8, 4) is 0 Å². The fourth-order valence-electron chi connectivity index (χ4n) is 2.90. The van der Waals surface area contributed by atoms with Gasteiger partial charge in [0.25, 0.3) is 0 Å². The van der Waals surface area contributed by atoms with Gasteiger partial charge in [-0.1, -0.05) is 0 Å². The number of fused-ring (bicyclic) bond motifs is 1. The molecule has 0 spiro atoms. The Morgan fingerprint density at radius 1 is 1.50 bits per heavy atom. The molecule has 1 N–H and O–H groups in total. The third-order valence-corrected chi connectivity index (χ3v) is 4.04. The van der Waals surface area contributed by atoms with E-state index in [-0.39, 0.29) is 6.10 Å². The summed E-state index contributed by atoms with van der Waals surface area (Å²) in [5, 5.41) is 0. The van der Waals surface area contributed by atoms with Crippen LogP contribution in [0.1, 0.15) is 30.9 Å². The van der Waals surface area contributed by atoms with Crippen molar-refractivity contribution in [1.29, 1.82) is 0 Å². The van der Waals surface area contributed by atoms with Crippen LogP contribution >= 0.6 is 12.2 Å². The Balaban J connectivity index is 2.16. The summed E-state index contributed by atoms with van der Waals surface area (Å²) in [5.41, 5.74) is 3.10. The Morgan fingerprint density at radius 2 is 2.33 bits per heavy atom. The van der Waals surface area contributed by atoms with Gasteiger partial charge in [0.15, 0.2) is 10.4 Å². The number of hydrogen-bond acceptors (Lipinski definition) is 3. The van der Waals surface area contributed by atoms with Crippen LogP contribution in [-0.4, -0.2) is 27.7 Å². The van der Waals surface area contributed by atoms with Crippen molar-refractivity contribution in [2.45, 2.75) is 38.3 Å². The number of nitrogens with zero attached hydrogens (tertiary/aromatic N) is 2. The normalized spacial score (nSPS) is 23.9. The molecule has 18 heavy (non-hydrogen) atoms. The molecule has 0 bridgehead atoms. The van der Waals surface area contributed by atoms with Gasteiger partial charge in [-0.3, -0.25) is 4.57 Å². The summed E-state index contributed by atoms with van der Waals surface area (Å²) in [6.07, 6.45) is 5.53. The summed E-state index contributed by atoms with van der Waals surface area (Å²) in [4.78, 5) is 7.77. The summed E-state index contributed by atoms with van der Waals surface area (Å²) in [6.45, 7) is 2.04. The van der Waals surface area contributed by atoms with Gasteiger partial charge in [-0.25, -0.2) is 4.98 Å². The van der Waals surface area contributed by atoms with Gasteiger partial charge in [0, 0.05) is 13.3 Å². The SMILES string of the molecule is COC1CCCC1n1c(=S)[nH]c2cc(C)cnc21. The molecular formula is C13H17N3OS. The average Bonchev–Trinajstić information content (AvgIpc) is 2.90. The lowest BCUT2D eigenvalue weighted by molar-refractivity contribution is 0.0756. The molecule has 1 fully saturated rings. The number of methoxy groups -OCH3 is 1. The highest BCUT2D eigenvalue weighted by molar-refractivity contribution is 7.71. The van der Waals surface area contributed by atoms with E-state index >= 15 is 0 Å². The van der Waals surface area contributed by atoms with E-state index in [0.29, 0.717) is 6.04 Å². The minimum absolute atomic E-state index is 0.249. The van der Waals surface area contributed by atoms with E-state index in [1.54, 1.807) is 7.11 Å². The van der Waals surface area contributed by atoms with Crippen molar-refractivity contribution < 1.29 is 4.74 Å². The molecule has 4 nitrogen and oxygen atoms in total. The Morgan fingerprint density at radius 3 is 3.11 bits per heavy atom. The molecule has 1 aliphatic carbocycles. The first-order valence-corrected chi connectivity index (χ1v) is 6.71. The number of rotatable bonds is 2. The molecule has 2 unspecified atom stereocenters. The number of H-pyrrole nitrogens is 1. The highest BCUT2D eigenvalue weighted by Gasteiger charge is 2.30. The van der Waals surface area contributed by atoms with Gasteiger partial charge in [-0.2, -0.15) is 0 Å². The van der Waals surface area contributed by atoms with E-state index in [9.17, 15) is 0 Å². The van der Waals surface area contributed by atoms with Gasteiger partial charge in [0.05, 0.1) is 17.7 Å². The maximum Gasteiger partial charge on any atom is 0.179 e. The van der Waals surface area contributed by atoms with E-state index in [1.165, 1.54) is 6.42 Å². The lowest BCUT2D eigenvalue weighted by Gasteiger charge is -2.19. The van der Waals surface area contributed by atoms with E-state index in [2.05, 4.69) is 20.6 Å². The molecule has 2 aromatic heterocycles. The molecule has 3 rings (SSSR count). The van der Waals surface area contributed by atoms with Crippen molar-refractivity contribution in [1.82, 2.24) is 14.5 Å². The first-order chi connectivity index (χ1) is 8.70. The summed E-state index contributed by atoms with van der Waals surface area (Å²) in [5.74, 6) is 0. The number of pyridine rings is 1. The molecule has 0 aromatic carbocycles. The van der Waals surface area contributed by atoms with Gasteiger partial charge in [0.1, 0.15) is 0 Å². The Bertz CT molecular complexity index is 631. The second kappa shape index (κ2) is 4.48. The molecular weight excluding hydrogens is 246 g/mol. The van der Waals surface area contributed by atoms with Crippen LogP contribution in [0.3, 0.4) is 0 Å². The zero-order valence-electron chi connectivity index (χ0n) is 10.6. The molecule has 1 saturated carbocycles. The monoisotopic (exact) mass is 263 g/mol. The second-order valence-corrected chi connectivity index (χ2v) is 5.34. The molecule has 0 amide bonds. The van der Waals surface area contributed by atoms with Gasteiger partial charge < -0.3 is 9.72 Å². The first kappa shape index (κ1) is 11.9. The highest BCUT2D eigenvalue weighted by Crippen LogP contribution is 2.34. The summed E-state index contributed by atoms with van der Waals surface area (Å²) >= 11 is 5.45. The number of hydrogen-bond donors (Lipinski definition) is 1. The van der Waals surface area contributed by atoms with Gasteiger partial charge >= 0.3 is 0 Å². The average molecular weight is 263 g/mol. The standard InChI is InChI=1S/C13H17N3OS/c1-8-6-9-12(14-7-8)16(13(18)15-9)10-4-3-5-11(10)17-2/h6-7,10-11H,3-5H2,1-2H3,(H,15,18). The van der Waals surface area contributed by atoms with Crippen molar-refractivity contribution in [2.75, 3.05) is 7.11 Å². The number of aromatic nitrogens is 3. The minimum Gasteiger partial charge on any atom is -0.379 e. The Labute approximate surface area is 111 Å². The first-order valence-electron chi connectivity index (χ1n) is 6.30. The topological polar surface area (TPSA) is 42.8 Å². The van der Waals surface area contributed by atoms with Gasteiger partial charge in [0.2, 0.25) is 0 Å². The third kappa shape index (κ3) is 1.78. The molecule has 2 atom stereocenters. The summed E-state index contributed by atoms with van der Waals surface area (Å²) in [6, 6.07) is 2.40. The Kier molecular flexibility index (Phi) is 2.95. The lowest BCUT2D eigenvalue weighted by Crippen LogP contribution is -2.20. The fourth-order valence-corrected chi connectivity index (χ4v) is 3.23. The molecule has 96 valence electrons. The van der Waals surface area contributed by atoms with Crippen LogP contribution in [-0.2, 0) is 4.74 Å². The lowest BCUT2D eigenvalue weighted by atomic mass is 10.2. The quantitative estimate of drug-likeness (QED) is 0.846. The van der Waals surface area contributed by atoms with E-state index in [0.717, 1.165) is 34.3 Å². The van der Waals surface area contributed by atoms with Gasteiger partial charge in [-0.15, -0.1) is 0 Å². The van der Waals surface area contributed by atoms with Crippen LogP contribution < -0.4 is 0 Å². The predicted molar refractivity (Wildman–Crippen MR) is 73.3 cm³/mol. The van der Waals surface area contributed by atoms with Crippen LogP contribution in [0.2, 0.25) is 0 Å². The van der Waals surface area contributed by atoms with Crippen molar-refractivity contribution in [3.63, 3.8) is 0 Å². The van der Waals surface area contributed by atoms with Crippen LogP contribution in [0.25, 0.3) is 11.2 Å². The van der Waals surface area contributed by atoms with Gasteiger partial charge in [-0.05, 0) is 50.0 Å². The maximum atomic E-state index is 5.57. The van der Waals surface area contributed by atoms with Crippen LogP contribution in [0.5, 0.6) is 0 Å². The zero-order chi connectivity index (χ0) is 12.7. The number of imidazole rings is 1. The highest BCUT2D eigenvalue weighted by atomic mass is 32.1. The van der Waals surface area contributed by atoms with Crippen molar-refractivity contribution in [2.24, 2.45) is 0 Å². The van der Waals surface area contributed by atoms with Crippen LogP contribution in [0.15, 0.2) is 12.3 Å². The third-order valence-electron chi connectivity index (χ3n) is 3.74. The van der Waals surface area contributed by atoms with E-state index < -0.39 is 0 Å². The zero-order valence-corrected chi connectivity index (χ0v) is 11.5. The maximum absolute atomic E-state index is 5.57. The summed E-state index contributed by atoms with van der Waals surface area (Å²) < 4.78 is 8.44. The number of aryl methyl sites for hydroxylation is 1. The number of aromatic amines is 1. The molecule has 0 radical (unpaired) electrons. The smallest absolute Gasteiger partial charge is 0.179 e. The predicted octanol–water partition coefficient (Wildman–Crippen LogP) is 3.14. The summed E-state index contributed by atoms with van der Waals surface area (Å²) in [7, 11) is 1.78. The molecule has 1 aliphatic rings. The number of ether oxygens (including phenoxy) is 1. The molecule has 5 heteroatoms. The largest absolute Gasteiger partial charge is 0.379 e. The fraction of sp³-hybridized carbons (Fsp3) is 0.538. The van der Waals surface area contributed by atoms with Crippen LogP contribution in [0.4, 0.5) is 0 Å². The van der Waals surface area contributed by atoms with E-state index in [1.807, 2.05) is 13.1 Å². The molecule has 0 saturated heterocycles. The number of nitrogens with one attached hydrogen (secondary N) is 1. The van der Waals surface area contributed by atoms with E-state index in [4.69, 9.17) is 17.0 Å². The molecule has 0 aliphatic heterocycles. The van der Waals surface area contributed by atoms with Crippen molar-refractivity contribution in [3.05, 3.63) is 22.6 Å². The molecule has 2 aromatic rings. The van der Waals surface area contributed by atoms with Crippen molar-refractivity contribution >= 4 is 23.4 Å². The minimum atomic E-state index is 0.249.